The van der Waals surface area contributed by atoms with Crippen molar-refractivity contribution in [2.75, 3.05) is 12.4 Å². The lowest BCUT2D eigenvalue weighted by atomic mass is 9.76. The molecule has 5 rings (SSSR count). The number of fused-ring (bicyclic) bond motifs is 1. The molecule has 1 fully saturated rings. The van der Waals surface area contributed by atoms with Crippen LogP contribution >= 0.6 is 0 Å². The molecular weight excluding hydrogens is 418 g/mol. The molecule has 8 heteroatoms. The number of pyridine rings is 1. The molecule has 0 saturated heterocycles. The summed E-state index contributed by atoms with van der Waals surface area (Å²) in [5.74, 6) is 0.129. The van der Waals surface area contributed by atoms with E-state index >= 15 is 0 Å². The summed E-state index contributed by atoms with van der Waals surface area (Å²) in [4.78, 5) is 39.9. The molecule has 3 aromatic rings. The van der Waals surface area contributed by atoms with Gasteiger partial charge in [-0.3, -0.25) is 15.3 Å². The number of esters is 1. The van der Waals surface area contributed by atoms with Crippen molar-refractivity contribution in [2.24, 2.45) is 0 Å². The first-order valence-corrected chi connectivity index (χ1v) is 11.1. The number of amides is 2. The van der Waals surface area contributed by atoms with Gasteiger partial charge in [0.2, 0.25) is 0 Å². The fraction of sp³-hybridized carbons (Fsp3) is 0.320. The van der Waals surface area contributed by atoms with Gasteiger partial charge in [-0.15, -0.1) is 0 Å². The Morgan fingerprint density at radius 1 is 1.09 bits per heavy atom. The van der Waals surface area contributed by atoms with E-state index in [9.17, 15) is 9.59 Å². The molecule has 168 valence electrons. The number of carbonyl (C=O) groups excluding carboxylic acids is 2. The third-order valence-corrected chi connectivity index (χ3v) is 6.64. The zero-order valence-electron chi connectivity index (χ0n) is 18.4. The van der Waals surface area contributed by atoms with E-state index in [1.807, 2.05) is 30.3 Å². The van der Waals surface area contributed by atoms with E-state index in [1.54, 1.807) is 42.8 Å². The predicted molar refractivity (Wildman–Crippen MR) is 123 cm³/mol. The van der Waals surface area contributed by atoms with Crippen LogP contribution < -0.4 is 5.32 Å². The number of nitrogens with zero attached hydrogens (tertiary/aromatic N) is 4. The normalized spacial score (nSPS) is 21.7. The summed E-state index contributed by atoms with van der Waals surface area (Å²) in [5, 5.41) is 2.83. The van der Waals surface area contributed by atoms with Gasteiger partial charge in [0.05, 0.1) is 23.7 Å². The van der Waals surface area contributed by atoms with Gasteiger partial charge in [-0.2, -0.15) is 0 Å². The second-order valence-corrected chi connectivity index (χ2v) is 8.71. The Bertz CT molecular complexity index is 1160. The summed E-state index contributed by atoms with van der Waals surface area (Å²) in [7, 11) is 1.79. The van der Waals surface area contributed by atoms with Crippen LogP contribution in [-0.2, 0) is 11.2 Å². The molecule has 1 N–H and O–H groups in total. The largest absolute Gasteiger partial charge is 0.455 e. The van der Waals surface area contributed by atoms with Crippen LogP contribution in [0.4, 0.5) is 10.6 Å². The zero-order chi connectivity index (χ0) is 22.8. The number of carbonyl (C=O) groups is 2. The first-order valence-electron chi connectivity index (χ1n) is 11.1. The van der Waals surface area contributed by atoms with Crippen LogP contribution in [0.5, 0.6) is 0 Å². The monoisotopic (exact) mass is 443 g/mol. The van der Waals surface area contributed by atoms with Crippen molar-refractivity contribution in [1.82, 2.24) is 19.9 Å². The van der Waals surface area contributed by atoms with Gasteiger partial charge < -0.3 is 9.64 Å². The van der Waals surface area contributed by atoms with Crippen molar-refractivity contribution >= 4 is 17.8 Å². The molecule has 1 aliphatic heterocycles. The Balaban J connectivity index is 1.19. The summed E-state index contributed by atoms with van der Waals surface area (Å²) in [6.07, 6.45) is 10.2. The number of benzene rings is 1. The smallest absolute Gasteiger partial charge is 0.339 e. The van der Waals surface area contributed by atoms with Crippen LogP contribution in [0.15, 0.2) is 61.2 Å². The SMILES string of the molecule is CN(C(=O)Nc1cnc(-c2ccccc2)cn1)C1CCC2(CC1)Cc1cnccc1C(=O)O2. The molecule has 1 aromatic carbocycles. The lowest BCUT2D eigenvalue weighted by Crippen LogP contribution is -2.49. The second-order valence-electron chi connectivity index (χ2n) is 8.71. The number of hydrogen-bond acceptors (Lipinski definition) is 6. The molecule has 0 atom stereocenters. The average molecular weight is 444 g/mol. The van der Waals surface area contributed by atoms with E-state index in [1.165, 1.54) is 0 Å². The van der Waals surface area contributed by atoms with Gasteiger partial charge in [-0.05, 0) is 37.3 Å². The van der Waals surface area contributed by atoms with Crippen molar-refractivity contribution in [3.05, 3.63) is 72.3 Å². The number of rotatable bonds is 3. The van der Waals surface area contributed by atoms with Gasteiger partial charge in [0.1, 0.15) is 5.60 Å². The number of urea groups is 1. The number of anilines is 1. The first-order chi connectivity index (χ1) is 16.0. The number of hydrogen-bond donors (Lipinski definition) is 1. The Morgan fingerprint density at radius 2 is 1.88 bits per heavy atom. The summed E-state index contributed by atoms with van der Waals surface area (Å²) in [5.41, 5.74) is 2.76. The van der Waals surface area contributed by atoms with Crippen molar-refractivity contribution < 1.29 is 14.3 Å². The third kappa shape index (κ3) is 4.28. The van der Waals surface area contributed by atoms with Gasteiger partial charge in [0, 0.05) is 37.5 Å². The summed E-state index contributed by atoms with van der Waals surface area (Å²) >= 11 is 0. The molecule has 0 bridgehead atoms. The maximum Gasteiger partial charge on any atom is 0.339 e. The molecule has 1 spiro atoms. The standard InChI is InChI=1S/C25H25N5O3/c1-30(24(32)29-22-16-27-21(15-28-22)17-5-3-2-4-6-17)19-7-10-25(11-8-19)13-18-14-26-12-9-20(18)23(31)33-25/h2-6,9,12,14-16,19H,7-8,10-11,13H2,1H3,(H,28,29,32). The summed E-state index contributed by atoms with van der Waals surface area (Å²) in [6, 6.07) is 11.3. The molecule has 1 aliphatic carbocycles. The van der Waals surface area contributed by atoms with Crippen molar-refractivity contribution in [3.63, 3.8) is 0 Å². The predicted octanol–water partition coefficient (Wildman–Crippen LogP) is 4.10. The highest BCUT2D eigenvalue weighted by molar-refractivity contribution is 5.92. The van der Waals surface area contributed by atoms with Gasteiger partial charge in [-0.25, -0.2) is 14.6 Å². The molecule has 1 saturated carbocycles. The topological polar surface area (TPSA) is 97.3 Å². The van der Waals surface area contributed by atoms with Crippen LogP contribution in [0.3, 0.4) is 0 Å². The van der Waals surface area contributed by atoms with E-state index in [-0.39, 0.29) is 18.0 Å². The molecular formula is C25H25N5O3. The molecule has 3 heterocycles. The van der Waals surface area contributed by atoms with Crippen LogP contribution in [0.25, 0.3) is 11.3 Å². The highest BCUT2D eigenvalue weighted by Gasteiger charge is 2.44. The van der Waals surface area contributed by atoms with Crippen molar-refractivity contribution in [2.45, 2.75) is 43.7 Å². The zero-order valence-corrected chi connectivity index (χ0v) is 18.4. The molecule has 8 nitrogen and oxygen atoms in total. The fourth-order valence-electron chi connectivity index (χ4n) is 4.71. The Morgan fingerprint density at radius 3 is 2.61 bits per heavy atom. The molecule has 0 radical (unpaired) electrons. The van der Waals surface area contributed by atoms with Crippen molar-refractivity contribution in [1.29, 1.82) is 0 Å². The Labute approximate surface area is 192 Å². The van der Waals surface area contributed by atoms with Crippen LogP contribution in [0.2, 0.25) is 0 Å². The van der Waals surface area contributed by atoms with Gasteiger partial charge >= 0.3 is 12.0 Å². The average Bonchev–Trinajstić information content (AvgIpc) is 2.85. The maximum absolute atomic E-state index is 12.8. The molecule has 2 aliphatic rings. The van der Waals surface area contributed by atoms with E-state index < -0.39 is 5.60 Å². The molecule has 2 aromatic heterocycles. The number of nitrogens with one attached hydrogen (secondary N) is 1. The van der Waals surface area contributed by atoms with Crippen LogP contribution in [-0.4, -0.2) is 50.5 Å². The highest BCUT2D eigenvalue weighted by atomic mass is 16.6. The van der Waals surface area contributed by atoms with Gasteiger partial charge in [-0.1, -0.05) is 30.3 Å². The van der Waals surface area contributed by atoms with E-state index in [2.05, 4.69) is 20.3 Å². The summed E-state index contributed by atoms with van der Waals surface area (Å²) in [6.45, 7) is 0. The molecule has 33 heavy (non-hydrogen) atoms. The van der Waals surface area contributed by atoms with E-state index in [0.717, 1.165) is 29.7 Å². The molecule has 2 amide bonds. The van der Waals surface area contributed by atoms with Gasteiger partial charge in [0.25, 0.3) is 0 Å². The number of aromatic nitrogens is 3. The summed E-state index contributed by atoms with van der Waals surface area (Å²) < 4.78 is 5.87. The quantitative estimate of drug-likeness (QED) is 0.612. The van der Waals surface area contributed by atoms with Crippen LogP contribution in [0, 0.1) is 0 Å². The van der Waals surface area contributed by atoms with E-state index in [0.29, 0.717) is 30.6 Å². The van der Waals surface area contributed by atoms with Crippen LogP contribution in [0.1, 0.15) is 41.6 Å². The Kier molecular flexibility index (Phi) is 5.50. The fourth-order valence-corrected chi connectivity index (χ4v) is 4.71. The van der Waals surface area contributed by atoms with Gasteiger partial charge in [0.15, 0.2) is 5.82 Å². The number of ether oxygens (including phenoxy) is 1. The second kappa shape index (κ2) is 8.61. The minimum Gasteiger partial charge on any atom is -0.455 e. The highest BCUT2D eigenvalue weighted by Crippen LogP contribution is 2.40. The minimum absolute atomic E-state index is 0.0566. The van der Waals surface area contributed by atoms with Crippen molar-refractivity contribution in [3.8, 4) is 11.3 Å². The lowest BCUT2D eigenvalue weighted by Gasteiger charge is -2.44. The minimum atomic E-state index is -0.500. The van der Waals surface area contributed by atoms with E-state index in [4.69, 9.17) is 4.74 Å². The molecule has 0 unspecified atom stereocenters. The first kappa shape index (κ1) is 21.1. The maximum atomic E-state index is 12.8. The third-order valence-electron chi connectivity index (χ3n) is 6.64. The lowest BCUT2D eigenvalue weighted by molar-refractivity contribution is -0.0517. The Hall–Kier alpha value is -3.81.